The van der Waals surface area contributed by atoms with E-state index in [1.807, 2.05) is 0 Å². The molecule has 0 spiro atoms. The molecule has 3 unspecified atom stereocenters. The van der Waals surface area contributed by atoms with E-state index >= 15 is 0 Å². The first-order valence-corrected chi connectivity index (χ1v) is 4.48. The van der Waals surface area contributed by atoms with Gasteiger partial charge in [0.15, 0.2) is 0 Å². The summed E-state index contributed by atoms with van der Waals surface area (Å²) in [6.45, 7) is 0.657. The van der Waals surface area contributed by atoms with E-state index in [4.69, 9.17) is 21.3 Å². The lowest BCUT2D eigenvalue weighted by atomic mass is 9.97. The van der Waals surface area contributed by atoms with Crippen LogP contribution in [-0.2, 0) is 9.53 Å². The average Bonchev–Trinajstić information content (AvgIpc) is 2.17. The van der Waals surface area contributed by atoms with Gasteiger partial charge in [0.05, 0.1) is 12.1 Å². The molecule has 0 aromatic carbocycles. The van der Waals surface area contributed by atoms with Crippen LogP contribution in [0.25, 0.3) is 0 Å². The van der Waals surface area contributed by atoms with Crippen LogP contribution in [0.15, 0.2) is 0 Å². The summed E-state index contributed by atoms with van der Waals surface area (Å²) in [7, 11) is 0. The van der Waals surface area contributed by atoms with E-state index in [0.717, 1.165) is 19.3 Å². The van der Waals surface area contributed by atoms with Crippen molar-refractivity contribution in [2.45, 2.75) is 37.5 Å². The highest BCUT2D eigenvalue weighted by Gasteiger charge is 2.30. The van der Waals surface area contributed by atoms with Gasteiger partial charge in [0, 0.05) is 6.61 Å². The third-order valence-electron chi connectivity index (χ3n) is 2.34. The number of rotatable bonds is 3. The molecule has 0 aromatic heterocycles. The number of hydrogen-bond acceptors (Lipinski definition) is 4. The predicted octanol–water partition coefficient (Wildman–Crippen LogP) is -0.705. The van der Waals surface area contributed by atoms with Crippen molar-refractivity contribution >= 4 is 5.97 Å². The van der Waals surface area contributed by atoms with E-state index in [0.29, 0.717) is 6.61 Å². The van der Waals surface area contributed by atoms with Gasteiger partial charge in [0.25, 0.3) is 0 Å². The minimum atomic E-state index is -1.07. The monoisotopic (exact) mass is 188 g/mol. The Bertz CT molecular complexity index is 180. The minimum absolute atomic E-state index is 0.195. The molecule has 0 bridgehead atoms. The molecule has 1 rings (SSSR count). The Kier molecular flexibility index (Phi) is 3.65. The molecule has 0 radical (unpaired) electrons. The highest BCUT2D eigenvalue weighted by molar-refractivity contribution is 5.74. The summed E-state index contributed by atoms with van der Waals surface area (Å²) in [5, 5.41) is 8.62. The molecule has 0 amide bonds. The van der Waals surface area contributed by atoms with Crippen LogP contribution in [0.3, 0.4) is 0 Å². The third kappa shape index (κ3) is 2.65. The Morgan fingerprint density at radius 3 is 2.62 bits per heavy atom. The molecule has 1 fully saturated rings. The lowest BCUT2D eigenvalue weighted by molar-refractivity contribution is -0.140. The van der Waals surface area contributed by atoms with Crippen LogP contribution >= 0.6 is 0 Å². The Labute approximate surface area is 77.0 Å². The summed E-state index contributed by atoms with van der Waals surface area (Å²) in [4.78, 5) is 10.5. The Morgan fingerprint density at radius 2 is 2.15 bits per heavy atom. The molecule has 1 heterocycles. The van der Waals surface area contributed by atoms with E-state index in [2.05, 4.69) is 0 Å². The molecule has 0 aliphatic carbocycles. The summed E-state index contributed by atoms with van der Waals surface area (Å²) in [6.07, 6.45) is 2.66. The van der Waals surface area contributed by atoms with Crippen molar-refractivity contribution in [1.82, 2.24) is 0 Å². The molecule has 1 aliphatic heterocycles. The molecule has 76 valence electrons. The number of aliphatic carboxylic acids is 1. The van der Waals surface area contributed by atoms with Gasteiger partial charge in [-0.1, -0.05) is 0 Å². The molecular formula is C8H16N2O3. The Balaban J connectivity index is 2.44. The molecule has 5 heteroatoms. The molecule has 1 aliphatic rings. The lowest BCUT2D eigenvalue weighted by Gasteiger charge is -2.29. The van der Waals surface area contributed by atoms with Crippen molar-refractivity contribution in [3.05, 3.63) is 0 Å². The van der Waals surface area contributed by atoms with Crippen LogP contribution in [0, 0.1) is 0 Å². The van der Waals surface area contributed by atoms with Crippen molar-refractivity contribution in [2.75, 3.05) is 6.61 Å². The van der Waals surface area contributed by atoms with Crippen molar-refractivity contribution < 1.29 is 14.6 Å². The Hall–Kier alpha value is -0.650. The van der Waals surface area contributed by atoms with E-state index in [-0.39, 0.29) is 6.10 Å². The summed E-state index contributed by atoms with van der Waals surface area (Å²) >= 11 is 0. The summed E-state index contributed by atoms with van der Waals surface area (Å²) in [5.41, 5.74) is 11.0. The summed E-state index contributed by atoms with van der Waals surface area (Å²) in [6, 6.07) is -1.62. The van der Waals surface area contributed by atoms with Crippen LogP contribution < -0.4 is 11.5 Å². The number of ether oxygens (including phenoxy) is 1. The van der Waals surface area contributed by atoms with Gasteiger partial charge in [0.1, 0.15) is 6.04 Å². The zero-order valence-corrected chi connectivity index (χ0v) is 7.48. The third-order valence-corrected chi connectivity index (χ3v) is 2.34. The van der Waals surface area contributed by atoms with Crippen molar-refractivity contribution in [1.29, 1.82) is 0 Å². The van der Waals surface area contributed by atoms with E-state index in [1.54, 1.807) is 0 Å². The summed E-state index contributed by atoms with van der Waals surface area (Å²) in [5.74, 6) is -1.07. The SMILES string of the molecule is NC(C(=O)O)C(N)C1CCCCO1. The molecule has 0 saturated carbocycles. The maximum absolute atomic E-state index is 10.5. The van der Waals surface area contributed by atoms with Crippen LogP contribution in [0.2, 0.25) is 0 Å². The standard InChI is InChI=1S/C8H16N2O3/c9-6(7(10)8(11)12)5-3-1-2-4-13-5/h5-7H,1-4,9-10H2,(H,11,12). The first kappa shape index (κ1) is 10.4. The molecule has 0 aromatic rings. The first-order valence-electron chi connectivity index (χ1n) is 4.48. The molecule has 1 saturated heterocycles. The smallest absolute Gasteiger partial charge is 0.322 e. The maximum Gasteiger partial charge on any atom is 0.322 e. The zero-order valence-electron chi connectivity index (χ0n) is 7.48. The first-order chi connectivity index (χ1) is 6.13. The second-order valence-corrected chi connectivity index (χ2v) is 3.35. The fraction of sp³-hybridized carbons (Fsp3) is 0.875. The predicted molar refractivity (Wildman–Crippen MR) is 47.2 cm³/mol. The second kappa shape index (κ2) is 4.55. The highest BCUT2D eigenvalue weighted by atomic mass is 16.5. The van der Waals surface area contributed by atoms with Gasteiger partial charge < -0.3 is 21.3 Å². The highest BCUT2D eigenvalue weighted by Crippen LogP contribution is 2.15. The van der Waals surface area contributed by atoms with Gasteiger partial charge in [-0.3, -0.25) is 4.79 Å². The fourth-order valence-electron chi connectivity index (χ4n) is 1.47. The lowest BCUT2D eigenvalue weighted by Crippen LogP contribution is -2.54. The number of carbonyl (C=O) groups is 1. The minimum Gasteiger partial charge on any atom is -0.480 e. The molecular weight excluding hydrogens is 172 g/mol. The second-order valence-electron chi connectivity index (χ2n) is 3.35. The van der Waals surface area contributed by atoms with Crippen molar-refractivity contribution in [2.24, 2.45) is 11.5 Å². The number of carboxylic acid groups (broad SMARTS) is 1. The Morgan fingerprint density at radius 1 is 1.46 bits per heavy atom. The average molecular weight is 188 g/mol. The van der Waals surface area contributed by atoms with Gasteiger partial charge >= 0.3 is 5.97 Å². The van der Waals surface area contributed by atoms with E-state index in [1.165, 1.54) is 0 Å². The van der Waals surface area contributed by atoms with Gasteiger partial charge in [-0.05, 0) is 19.3 Å². The van der Waals surface area contributed by atoms with Gasteiger partial charge in [-0.15, -0.1) is 0 Å². The number of nitrogens with two attached hydrogens (primary N) is 2. The maximum atomic E-state index is 10.5. The van der Waals surface area contributed by atoms with Crippen molar-refractivity contribution in [3.8, 4) is 0 Å². The molecule has 5 nitrogen and oxygen atoms in total. The molecule has 13 heavy (non-hydrogen) atoms. The van der Waals surface area contributed by atoms with Crippen LogP contribution in [0.1, 0.15) is 19.3 Å². The number of carboxylic acids is 1. The van der Waals surface area contributed by atoms with Gasteiger partial charge in [-0.2, -0.15) is 0 Å². The van der Waals surface area contributed by atoms with Crippen LogP contribution in [-0.4, -0.2) is 35.9 Å². The van der Waals surface area contributed by atoms with E-state index in [9.17, 15) is 4.79 Å². The number of hydrogen-bond donors (Lipinski definition) is 3. The summed E-state index contributed by atoms with van der Waals surface area (Å²) < 4.78 is 5.34. The normalized spacial score (nSPS) is 28.0. The largest absolute Gasteiger partial charge is 0.480 e. The van der Waals surface area contributed by atoms with Crippen molar-refractivity contribution in [3.63, 3.8) is 0 Å². The molecule has 3 atom stereocenters. The van der Waals surface area contributed by atoms with Crippen LogP contribution in [0.4, 0.5) is 0 Å². The zero-order chi connectivity index (χ0) is 9.84. The quantitative estimate of drug-likeness (QED) is 0.543. The van der Waals surface area contributed by atoms with Gasteiger partial charge in [0.2, 0.25) is 0 Å². The topological polar surface area (TPSA) is 98.6 Å². The fourth-order valence-corrected chi connectivity index (χ4v) is 1.47. The van der Waals surface area contributed by atoms with Crippen LogP contribution in [0.5, 0.6) is 0 Å². The molecule has 5 N–H and O–H groups in total. The van der Waals surface area contributed by atoms with Gasteiger partial charge in [-0.25, -0.2) is 0 Å². The van der Waals surface area contributed by atoms with E-state index < -0.39 is 18.1 Å².